The number of halogens is 1. The largest absolute Gasteiger partial charge is 0.493 e. The van der Waals surface area contributed by atoms with E-state index in [0.29, 0.717) is 34.4 Å². The van der Waals surface area contributed by atoms with Gasteiger partial charge in [0.1, 0.15) is 5.75 Å². The molecule has 2 aromatic carbocycles. The van der Waals surface area contributed by atoms with Crippen molar-refractivity contribution in [1.29, 1.82) is 0 Å². The van der Waals surface area contributed by atoms with E-state index in [2.05, 4.69) is 5.32 Å². The monoisotopic (exact) mass is 377 g/mol. The summed E-state index contributed by atoms with van der Waals surface area (Å²) < 4.78 is 16.0. The topological polar surface area (TPSA) is 56.8 Å². The van der Waals surface area contributed by atoms with Crippen molar-refractivity contribution in [2.45, 2.75) is 26.3 Å². The summed E-state index contributed by atoms with van der Waals surface area (Å²) in [7, 11) is 3.18. The molecule has 0 aliphatic heterocycles. The summed E-state index contributed by atoms with van der Waals surface area (Å²) in [5.74, 6) is 1.65. The van der Waals surface area contributed by atoms with E-state index in [-0.39, 0.29) is 11.9 Å². The number of rotatable bonds is 8. The molecule has 0 saturated carbocycles. The molecule has 0 aromatic heterocycles. The molecule has 0 spiro atoms. The van der Waals surface area contributed by atoms with Crippen LogP contribution in [0.3, 0.4) is 0 Å². The van der Waals surface area contributed by atoms with Gasteiger partial charge in [-0.25, -0.2) is 0 Å². The van der Waals surface area contributed by atoms with Crippen molar-refractivity contribution in [3.63, 3.8) is 0 Å². The first-order chi connectivity index (χ1) is 12.5. The van der Waals surface area contributed by atoms with E-state index in [1.165, 1.54) is 0 Å². The molecule has 26 heavy (non-hydrogen) atoms. The molecule has 6 heteroatoms. The Balaban J connectivity index is 2.19. The molecule has 1 atom stereocenters. The van der Waals surface area contributed by atoms with Crippen molar-refractivity contribution in [1.82, 2.24) is 5.32 Å². The van der Waals surface area contributed by atoms with E-state index in [4.69, 9.17) is 25.8 Å². The zero-order valence-electron chi connectivity index (χ0n) is 15.5. The first kappa shape index (κ1) is 19.9. The molecule has 5 nitrogen and oxygen atoms in total. The summed E-state index contributed by atoms with van der Waals surface area (Å²) in [5.41, 5.74) is 1.42. The molecular formula is C20H24ClNO4. The van der Waals surface area contributed by atoms with Gasteiger partial charge in [0, 0.05) is 5.56 Å². The molecule has 0 radical (unpaired) electrons. The fourth-order valence-electron chi connectivity index (χ4n) is 2.65. The zero-order chi connectivity index (χ0) is 19.1. The Morgan fingerprint density at radius 1 is 1.04 bits per heavy atom. The van der Waals surface area contributed by atoms with Crippen LogP contribution in [0.25, 0.3) is 0 Å². The first-order valence-corrected chi connectivity index (χ1v) is 8.86. The third kappa shape index (κ3) is 4.61. The van der Waals surface area contributed by atoms with Gasteiger partial charge in [-0.15, -0.1) is 0 Å². The normalized spacial score (nSPS) is 11.6. The summed E-state index contributed by atoms with van der Waals surface area (Å²) in [4.78, 5) is 12.6. The smallest absolute Gasteiger partial charge is 0.251 e. The summed E-state index contributed by atoms with van der Waals surface area (Å²) in [6, 6.07) is 10.5. The Morgan fingerprint density at radius 3 is 2.31 bits per heavy atom. The molecule has 0 bridgehead atoms. The van der Waals surface area contributed by atoms with E-state index >= 15 is 0 Å². The van der Waals surface area contributed by atoms with Crippen LogP contribution in [0.4, 0.5) is 0 Å². The first-order valence-electron chi connectivity index (χ1n) is 8.49. The molecule has 0 saturated heterocycles. The Bertz CT molecular complexity index is 763. The zero-order valence-corrected chi connectivity index (χ0v) is 16.2. The molecule has 0 heterocycles. The number of methoxy groups -OCH3 is 2. The van der Waals surface area contributed by atoms with Crippen LogP contribution in [-0.2, 0) is 0 Å². The minimum absolute atomic E-state index is 0.160. The van der Waals surface area contributed by atoms with Crippen LogP contribution in [-0.4, -0.2) is 26.7 Å². The quantitative estimate of drug-likeness (QED) is 0.728. The number of benzene rings is 2. The molecular weight excluding hydrogens is 354 g/mol. The fourth-order valence-corrected chi connectivity index (χ4v) is 2.88. The summed E-state index contributed by atoms with van der Waals surface area (Å²) in [6.07, 6.45) is 0.728. The lowest BCUT2D eigenvalue weighted by atomic mass is 10.0. The number of ether oxygens (including phenoxy) is 3. The summed E-state index contributed by atoms with van der Waals surface area (Å²) in [6.45, 7) is 4.40. The molecule has 1 amide bonds. The Hall–Kier alpha value is -2.40. The maximum absolute atomic E-state index is 12.6. The fraction of sp³-hybridized carbons (Fsp3) is 0.350. The predicted octanol–water partition coefficient (Wildman–Crippen LogP) is 4.64. The van der Waals surface area contributed by atoms with Crippen molar-refractivity contribution in [3.05, 3.63) is 52.5 Å². The van der Waals surface area contributed by atoms with Gasteiger partial charge in [-0.1, -0.05) is 24.6 Å². The maximum atomic E-state index is 12.6. The second-order valence-corrected chi connectivity index (χ2v) is 6.03. The molecule has 2 rings (SSSR count). The van der Waals surface area contributed by atoms with Gasteiger partial charge in [0.15, 0.2) is 11.5 Å². The minimum Gasteiger partial charge on any atom is -0.493 e. The predicted molar refractivity (Wildman–Crippen MR) is 103 cm³/mol. The molecule has 0 fully saturated rings. The second kappa shape index (κ2) is 9.34. The van der Waals surface area contributed by atoms with Crippen LogP contribution < -0.4 is 19.5 Å². The van der Waals surface area contributed by atoms with Crippen LogP contribution in [0.5, 0.6) is 17.2 Å². The number of hydrogen-bond acceptors (Lipinski definition) is 4. The van der Waals surface area contributed by atoms with Crippen LogP contribution >= 0.6 is 11.6 Å². The van der Waals surface area contributed by atoms with Gasteiger partial charge in [0.2, 0.25) is 0 Å². The van der Waals surface area contributed by atoms with Gasteiger partial charge >= 0.3 is 0 Å². The van der Waals surface area contributed by atoms with Gasteiger partial charge in [0.25, 0.3) is 5.91 Å². The third-order valence-electron chi connectivity index (χ3n) is 4.02. The van der Waals surface area contributed by atoms with Crippen molar-refractivity contribution in [2.24, 2.45) is 0 Å². The SMILES string of the molecule is CCOc1ccc(C(=O)N[C@@H](CC)c2ccc(OC)c(OC)c2)cc1Cl. The van der Waals surface area contributed by atoms with Crippen LogP contribution in [0, 0.1) is 0 Å². The van der Waals surface area contributed by atoms with Crippen molar-refractivity contribution >= 4 is 17.5 Å². The van der Waals surface area contributed by atoms with Gasteiger partial charge < -0.3 is 19.5 Å². The van der Waals surface area contributed by atoms with E-state index in [9.17, 15) is 4.79 Å². The molecule has 0 aliphatic rings. The maximum Gasteiger partial charge on any atom is 0.251 e. The van der Waals surface area contributed by atoms with E-state index in [1.54, 1.807) is 32.4 Å². The minimum atomic E-state index is -0.198. The molecule has 0 aliphatic carbocycles. The van der Waals surface area contributed by atoms with Gasteiger partial charge in [-0.05, 0) is 49.2 Å². The van der Waals surface area contributed by atoms with Crippen molar-refractivity contribution < 1.29 is 19.0 Å². The standard InChI is InChI=1S/C20H24ClNO4/c1-5-16(13-7-10-18(24-3)19(12-13)25-4)22-20(23)14-8-9-17(26-6-2)15(21)11-14/h7-12,16H,5-6H2,1-4H3,(H,22,23)/t16-/m0/s1. The van der Waals surface area contributed by atoms with E-state index in [0.717, 1.165) is 12.0 Å². The number of hydrogen-bond donors (Lipinski definition) is 1. The number of nitrogens with one attached hydrogen (secondary N) is 1. The number of amides is 1. The van der Waals surface area contributed by atoms with Gasteiger partial charge in [0.05, 0.1) is 31.9 Å². The van der Waals surface area contributed by atoms with Crippen molar-refractivity contribution in [3.8, 4) is 17.2 Å². The highest BCUT2D eigenvalue weighted by molar-refractivity contribution is 6.32. The Kier molecular flexibility index (Phi) is 7.16. The van der Waals surface area contributed by atoms with Crippen LogP contribution in [0.1, 0.15) is 42.2 Å². The second-order valence-electron chi connectivity index (χ2n) is 5.63. The highest BCUT2D eigenvalue weighted by atomic mass is 35.5. The number of carbonyl (C=O) groups excluding carboxylic acids is 1. The lowest BCUT2D eigenvalue weighted by Gasteiger charge is -2.19. The van der Waals surface area contributed by atoms with E-state index in [1.807, 2.05) is 32.0 Å². The molecule has 2 aromatic rings. The summed E-state index contributed by atoms with van der Waals surface area (Å²) in [5, 5.41) is 3.45. The van der Waals surface area contributed by atoms with E-state index < -0.39 is 0 Å². The average molecular weight is 378 g/mol. The molecule has 1 N–H and O–H groups in total. The highest BCUT2D eigenvalue weighted by Crippen LogP contribution is 2.31. The van der Waals surface area contributed by atoms with Crippen LogP contribution in [0.2, 0.25) is 5.02 Å². The Labute approximate surface area is 159 Å². The van der Waals surface area contributed by atoms with Crippen molar-refractivity contribution in [2.75, 3.05) is 20.8 Å². The average Bonchev–Trinajstić information content (AvgIpc) is 2.67. The van der Waals surface area contributed by atoms with Gasteiger partial charge in [-0.2, -0.15) is 0 Å². The summed E-state index contributed by atoms with van der Waals surface area (Å²) >= 11 is 6.18. The Morgan fingerprint density at radius 2 is 1.73 bits per heavy atom. The lowest BCUT2D eigenvalue weighted by molar-refractivity contribution is 0.0935. The third-order valence-corrected chi connectivity index (χ3v) is 4.31. The molecule has 140 valence electrons. The highest BCUT2D eigenvalue weighted by Gasteiger charge is 2.17. The van der Waals surface area contributed by atoms with Crippen LogP contribution in [0.15, 0.2) is 36.4 Å². The van der Waals surface area contributed by atoms with Gasteiger partial charge in [-0.3, -0.25) is 4.79 Å². The number of carbonyl (C=O) groups is 1. The molecule has 0 unspecified atom stereocenters. The lowest BCUT2D eigenvalue weighted by Crippen LogP contribution is -2.28.